The van der Waals surface area contributed by atoms with Crippen molar-refractivity contribution in [3.05, 3.63) is 66.1 Å². The Labute approximate surface area is 212 Å². The molecular weight excluding hydrogens is 456 g/mol. The zero-order valence-electron chi connectivity index (χ0n) is 21.3. The van der Waals surface area contributed by atoms with Gasteiger partial charge in [0.2, 0.25) is 5.91 Å². The summed E-state index contributed by atoms with van der Waals surface area (Å²) in [5.74, 6) is 0.0886. The number of aliphatic imine (C=N–C) groups is 1. The quantitative estimate of drug-likeness (QED) is 0.342. The summed E-state index contributed by atoms with van der Waals surface area (Å²) < 4.78 is 0. The van der Waals surface area contributed by atoms with Gasteiger partial charge in [-0.2, -0.15) is 0 Å². The van der Waals surface area contributed by atoms with E-state index in [-0.39, 0.29) is 18.0 Å². The maximum Gasteiger partial charge on any atom is 0.256 e. The van der Waals surface area contributed by atoms with E-state index in [0.29, 0.717) is 29.5 Å². The fraction of sp³-hybridized carbons (Fsp3) is 0.385. The average Bonchev–Trinajstić information content (AvgIpc) is 2.84. The van der Waals surface area contributed by atoms with E-state index in [1.165, 1.54) is 5.56 Å². The monoisotopic (exact) mass is 492 g/mol. The Hall–Kier alpha value is -3.76. The first-order chi connectivity index (χ1) is 17.2. The van der Waals surface area contributed by atoms with E-state index in [0.717, 1.165) is 19.4 Å². The molecule has 36 heavy (non-hydrogen) atoms. The molecule has 192 valence electrons. The van der Waals surface area contributed by atoms with Crippen LogP contribution in [-0.4, -0.2) is 59.5 Å². The highest BCUT2D eigenvalue weighted by molar-refractivity contribution is 6.06. The lowest BCUT2D eigenvalue weighted by molar-refractivity contribution is -0.120. The molecular formula is C26H36N8O2. The summed E-state index contributed by atoms with van der Waals surface area (Å²) in [6.45, 7) is 6.77. The second kappa shape index (κ2) is 12.3. The molecule has 1 aliphatic rings. The molecule has 0 spiro atoms. The first-order valence-corrected chi connectivity index (χ1v) is 12.1. The molecule has 10 heteroatoms. The standard InChI is InChI=1S/C26H36N8O2/c1-5-12-29-22-21(17-31-25(34(22)4)30-15-11-18-9-13-28-14-10-18)23(35)32-19-7-6-8-20(16-19)33-24(36)26(2,3)27/h6-10,13-14,16-17,22,29H,5,11-12,15,27H2,1-4H3,(H,30,31)(H,32,35)(H,33,36). The van der Waals surface area contributed by atoms with E-state index in [9.17, 15) is 9.59 Å². The van der Waals surface area contributed by atoms with Crippen LogP contribution in [0.1, 0.15) is 32.8 Å². The smallest absolute Gasteiger partial charge is 0.256 e. The van der Waals surface area contributed by atoms with Gasteiger partial charge in [-0.3, -0.25) is 19.9 Å². The van der Waals surface area contributed by atoms with Gasteiger partial charge in [-0.25, -0.2) is 4.99 Å². The second-order valence-electron chi connectivity index (χ2n) is 9.25. The average molecular weight is 493 g/mol. The Morgan fingerprint density at radius 3 is 2.44 bits per heavy atom. The SMILES string of the molecule is CCCNC1C(C(=O)Nc2cccc(NC(=O)C(C)(C)N)c2)=CN=C(NCCc2ccncc2)N1C. The zero-order chi connectivity index (χ0) is 26.1. The van der Waals surface area contributed by atoms with Gasteiger partial charge in [-0.1, -0.05) is 13.0 Å². The van der Waals surface area contributed by atoms with Crippen molar-refractivity contribution >= 4 is 29.1 Å². The molecule has 3 rings (SSSR count). The summed E-state index contributed by atoms with van der Waals surface area (Å²) in [5.41, 5.74) is 7.61. The van der Waals surface area contributed by atoms with Gasteiger partial charge in [0.25, 0.3) is 5.91 Å². The number of guanidine groups is 1. The summed E-state index contributed by atoms with van der Waals surface area (Å²) in [6, 6.07) is 10.9. The molecule has 0 saturated heterocycles. The van der Waals surface area contributed by atoms with Crippen LogP contribution in [0.15, 0.2) is 65.6 Å². The van der Waals surface area contributed by atoms with Crippen LogP contribution in [0, 0.1) is 0 Å². The van der Waals surface area contributed by atoms with Crippen LogP contribution in [0.3, 0.4) is 0 Å². The van der Waals surface area contributed by atoms with Gasteiger partial charge in [0.05, 0.1) is 11.1 Å². The summed E-state index contributed by atoms with van der Waals surface area (Å²) in [5, 5.41) is 12.5. The molecule has 2 amide bonds. The van der Waals surface area contributed by atoms with Crippen LogP contribution >= 0.6 is 0 Å². The van der Waals surface area contributed by atoms with Crippen LogP contribution in [0.25, 0.3) is 0 Å². The molecule has 1 aromatic heterocycles. The minimum absolute atomic E-state index is 0.280. The number of benzene rings is 1. The number of nitrogens with two attached hydrogens (primary N) is 1. The molecule has 1 atom stereocenters. The largest absolute Gasteiger partial charge is 0.356 e. The molecule has 0 aliphatic carbocycles. The van der Waals surface area contributed by atoms with Gasteiger partial charge in [0.1, 0.15) is 6.17 Å². The Morgan fingerprint density at radius 1 is 1.08 bits per heavy atom. The molecule has 6 N–H and O–H groups in total. The van der Waals surface area contributed by atoms with Crippen molar-refractivity contribution in [2.24, 2.45) is 10.7 Å². The summed E-state index contributed by atoms with van der Waals surface area (Å²) >= 11 is 0. The maximum atomic E-state index is 13.2. The second-order valence-corrected chi connectivity index (χ2v) is 9.25. The van der Waals surface area contributed by atoms with Crippen molar-refractivity contribution < 1.29 is 9.59 Å². The third-order valence-corrected chi connectivity index (χ3v) is 5.60. The van der Waals surface area contributed by atoms with E-state index in [1.54, 1.807) is 56.7 Å². The molecule has 0 radical (unpaired) electrons. The first-order valence-electron chi connectivity index (χ1n) is 12.1. The minimum atomic E-state index is -1.02. The molecule has 2 aromatic rings. The van der Waals surface area contributed by atoms with E-state index in [4.69, 9.17) is 5.73 Å². The number of hydrogen-bond acceptors (Lipinski definition) is 8. The highest BCUT2D eigenvalue weighted by Gasteiger charge is 2.29. The Bertz CT molecular complexity index is 1110. The number of aromatic nitrogens is 1. The van der Waals surface area contributed by atoms with Gasteiger partial charge >= 0.3 is 0 Å². The van der Waals surface area contributed by atoms with Crippen molar-refractivity contribution in [3.63, 3.8) is 0 Å². The molecule has 2 heterocycles. The Morgan fingerprint density at radius 2 is 1.78 bits per heavy atom. The summed E-state index contributed by atoms with van der Waals surface area (Å²) in [7, 11) is 1.90. The lowest BCUT2D eigenvalue weighted by Gasteiger charge is -2.35. The number of hydrogen-bond donors (Lipinski definition) is 5. The third kappa shape index (κ3) is 7.37. The van der Waals surface area contributed by atoms with Crippen molar-refractivity contribution in [2.75, 3.05) is 30.8 Å². The number of nitrogens with zero attached hydrogens (tertiary/aromatic N) is 3. The number of carbonyl (C=O) groups excluding carboxylic acids is 2. The molecule has 1 aliphatic heterocycles. The molecule has 0 bridgehead atoms. The van der Waals surface area contributed by atoms with Gasteiger partial charge in [0, 0.05) is 43.6 Å². The van der Waals surface area contributed by atoms with Crippen molar-refractivity contribution in [1.82, 2.24) is 20.5 Å². The molecule has 1 unspecified atom stereocenters. The predicted octanol–water partition coefficient (Wildman–Crippen LogP) is 2.04. The van der Waals surface area contributed by atoms with Gasteiger partial charge in [-0.05, 0) is 69.1 Å². The lowest BCUT2D eigenvalue weighted by atomic mass is 10.1. The predicted molar refractivity (Wildman–Crippen MR) is 143 cm³/mol. The lowest BCUT2D eigenvalue weighted by Crippen LogP contribution is -2.55. The summed E-state index contributed by atoms with van der Waals surface area (Å²) in [6.07, 6.45) is 6.54. The van der Waals surface area contributed by atoms with Gasteiger partial charge in [-0.15, -0.1) is 0 Å². The van der Waals surface area contributed by atoms with E-state index in [1.807, 2.05) is 24.1 Å². The van der Waals surface area contributed by atoms with Crippen LogP contribution in [0.5, 0.6) is 0 Å². The maximum absolute atomic E-state index is 13.2. The highest BCUT2D eigenvalue weighted by atomic mass is 16.2. The molecule has 0 fully saturated rings. The fourth-order valence-corrected chi connectivity index (χ4v) is 3.54. The van der Waals surface area contributed by atoms with Crippen LogP contribution in [-0.2, 0) is 16.0 Å². The number of anilines is 2. The highest BCUT2D eigenvalue weighted by Crippen LogP contribution is 2.20. The van der Waals surface area contributed by atoms with E-state index < -0.39 is 5.54 Å². The number of pyridine rings is 1. The number of amides is 2. The Kier molecular flexibility index (Phi) is 9.15. The number of nitrogens with one attached hydrogen (secondary N) is 4. The van der Waals surface area contributed by atoms with Crippen LogP contribution in [0.2, 0.25) is 0 Å². The molecule has 10 nitrogen and oxygen atoms in total. The Balaban J connectivity index is 1.71. The van der Waals surface area contributed by atoms with Crippen LogP contribution < -0.4 is 27.0 Å². The van der Waals surface area contributed by atoms with Crippen molar-refractivity contribution in [1.29, 1.82) is 0 Å². The summed E-state index contributed by atoms with van der Waals surface area (Å²) in [4.78, 5) is 35.9. The number of carbonyl (C=O) groups is 2. The molecule has 0 saturated carbocycles. The van der Waals surface area contributed by atoms with E-state index in [2.05, 4.69) is 38.2 Å². The normalized spacial score (nSPS) is 15.6. The topological polar surface area (TPSA) is 137 Å². The zero-order valence-corrected chi connectivity index (χ0v) is 21.3. The first kappa shape index (κ1) is 26.8. The van der Waals surface area contributed by atoms with Gasteiger partial charge < -0.3 is 26.6 Å². The van der Waals surface area contributed by atoms with Gasteiger partial charge in [0.15, 0.2) is 5.96 Å². The van der Waals surface area contributed by atoms with Crippen molar-refractivity contribution in [2.45, 2.75) is 45.3 Å². The van der Waals surface area contributed by atoms with Crippen molar-refractivity contribution in [3.8, 4) is 0 Å². The van der Waals surface area contributed by atoms with Crippen LogP contribution in [0.4, 0.5) is 11.4 Å². The fourth-order valence-electron chi connectivity index (χ4n) is 3.54. The minimum Gasteiger partial charge on any atom is -0.356 e. The number of likely N-dealkylation sites (N-methyl/N-ethyl adjacent to an activating group) is 1. The molecule has 1 aromatic carbocycles. The van der Waals surface area contributed by atoms with E-state index >= 15 is 0 Å². The third-order valence-electron chi connectivity index (χ3n) is 5.60. The number of rotatable bonds is 10.